The van der Waals surface area contributed by atoms with Crippen LogP contribution in [-0.4, -0.2) is 63.0 Å². The molecule has 0 bridgehead atoms. The Labute approximate surface area is 229 Å². The average Bonchev–Trinajstić information content (AvgIpc) is 2.86. The Kier molecular flexibility index (Phi) is 14.7. The summed E-state index contributed by atoms with van der Waals surface area (Å²) >= 11 is 0. The highest BCUT2D eigenvalue weighted by Gasteiger charge is 2.38. The van der Waals surface area contributed by atoms with Crippen LogP contribution in [0.3, 0.4) is 0 Å². The summed E-state index contributed by atoms with van der Waals surface area (Å²) in [6, 6.07) is 4.28. The summed E-state index contributed by atoms with van der Waals surface area (Å²) in [6.45, 7) is 9.68. The first kappa shape index (κ1) is 33.5. The fourth-order valence-electron chi connectivity index (χ4n) is 3.36. The molecule has 2 atom stereocenters. The average molecular weight is 556 g/mol. The van der Waals surface area contributed by atoms with Gasteiger partial charge in [-0.05, 0) is 49.8 Å². The van der Waals surface area contributed by atoms with Crippen LogP contribution in [0.4, 0.5) is 14.4 Å². The minimum atomic E-state index is -1.63. The minimum absolute atomic E-state index is 0.100. The number of carbonyl (C=O) groups excluding carboxylic acids is 4. The van der Waals surface area contributed by atoms with Crippen LogP contribution in [0, 0.1) is 5.92 Å². The van der Waals surface area contributed by atoms with Crippen molar-refractivity contribution in [2.24, 2.45) is 11.7 Å². The smallest absolute Gasteiger partial charge is 0.468 e. The molecular formula is C27H41NO11. The molecule has 0 radical (unpaired) electrons. The molecule has 0 aromatic heterocycles. The molecule has 0 heterocycles. The van der Waals surface area contributed by atoms with Gasteiger partial charge in [-0.15, -0.1) is 0 Å². The molecule has 0 saturated carbocycles. The summed E-state index contributed by atoms with van der Waals surface area (Å²) < 4.78 is 35.5. The molecule has 0 aliphatic carbocycles. The van der Waals surface area contributed by atoms with E-state index >= 15 is 0 Å². The molecule has 0 fully saturated rings. The maximum absolute atomic E-state index is 12.7. The molecule has 0 aliphatic rings. The maximum Gasteiger partial charge on any atom is 0.513 e. The predicted molar refractivity (Wildman–Crippen MR) is 140 cm³/mol. The zero-order valence-electron chi connectivity index (χ0n) is 23.6. The van der Waals surface area contributed by atoms with Gasteiger partial charge < -0.3 is 38.9 Å². The summed E-state index contributed by atoms with van der Waals surface area (Å²) in [5.41, 5.74) is 5.25. The molecule has 39 heavy (non-hydrogen) atoms. The van der Waals surface area contributed by atoms with Gasteiger partial charge in [0.1, 0.15) is 11.6 Å². The summed E-state index contributed by atoms with van der Waals surface area (Å²) in [4.78, 5) is 48.8. The highest BCUT2D eigenvalue weighted by atomic mass is 16.7. The van der Waals surface area contributed by atoms with Crippen LogP contribution < -0.4 is 15.2 Å². The fraction of sp³-hybridized carbons (Fsp3) is 0.630. The monoisotopic (exact) mass is 555 g/mol. The highest BCUT2D eigenvalue weighted by molar-refractivity contribution is 5.81. The lowest BCUT2D eigenvalue weighted by Crippen LogP contribution is -2.53. The third-order valence-electron chi connectivity index (χ3n) is 5.22. The van der Waals surface area contributed by atoms with Crippen molar-refractivity contribution < 1.29 is 52.3 Å². The first-order chi connectivity index (χ1) is 18.4. The Morgan fingerprint density at radius 3 is 1.95 bits per heavy atom. The van der Waals surface area contributed by atoms with Crippen molar-refractivity contribution in [3.05, 3.63) is 23.8 Å². The van der Waals surface area contributed by atoms with Crippen molar-refractivity contribution in [3.8, 4) is 11.5 Å². The van der Waals surface area contributed by atoms with Gasteiger partial charge in [0.15, 0.2) is 11.5 Å². The number of hydrogen-bond acceptors (Lipinski definition) is 12. The van der Waals surface area contributed by atoms with E-state index in [1.807, 2.05) is 27.7 Å². The fourth-order valence-corrected chi connectivity index (χ4v) is 3.36. The van der Waals surface area contributed by atoms with Crippen molar-refractivity contribution >= 4 is 24.4 Å². The van der Waals surface area contributed by atoms with Gasteiger partial charge in [-0.3, -0.25) is 4.79 Å². The van der Waals surface area contributed by atoms with Gasteiger partial charge in [-0.25, -0.2) is 14.4 Å². The topological polar surface area (TPSA) is 159 Å². The number of methoxy groups -OCH3 is 1. The Balaban J connectivity index is 3.11. The van der Waals surface area contributed by atoms with Crippen molar-refractivity contribution in [3.63, 3.8) is 0 Å². The molecule has 1 aromatic rings. The third-order valence-corrected chi connectivity index (χ3v) is 5.22. The SMILES string of the molecule is CCCOC(=O)Oc1ccc(CC(N)(C[C@H](C)OC(=O)OCCC(C)C)C(=O)OC)cc1OC(=O)OCCC. The number of hydrogen-bond donors (Lipinski definition) is 1. The summed E-state index contributed by atoms with van der Waals surface area (Å²) in [5, 5.41) is 0. The van der Waals surface area contributed by atoms with E-state index in [0.717, 1.165) is 0 Å². The van der Waals surface area contributed by atoms with Gasteiger partial charge in [0.05, 0.1) is 26.9 Å². The van der Waals surface area contributed by atoms with Crippen LogP contribution in [0.2, 0.25) is 0 Å². The Morgan fingerprint density at radius 2 is 1.41 bits per heavy atom. The number of nitrogens with two attached hydrogens (primary N) is 1. The van der Waals surface area contributed by atoms with Crippen LogP contribution in [0.15, 0.2) is 18.2 Å². The van der Waals surface area contributed by atoms with Crippen LogP contribution in [0.25, 0.3) is 0 Å². The van der Waals surface area contributed by atoms with E-state index < -0.39 is 36.1 Å². The number of ether oxygens (including phenoxy) is 7. The summed E-state index contributed by atoms with van der Waals surface area (Å²) in [5.74, 6) is -0.645. The second-order valence-corrected chi connectivity index (χ2v) is 9.42. The van der Waals surface area contributed by atoms with Crippen molar-refractivity contribution in [2.75, 3.05) is 26.9 Å². The van der Waals surface area contributed by atoms with Gasteiger partial charge in [-0.2, -0.15) is 0 Å². The Morgan fingerprint density at radius 1 is 0.846 bits per heavy atom. The number of carbonyl (C=O) groups is 4. The molecule has 1 aromatic carbocycles. The van der Waals surface area contributed by atoms with Gasteiger partial charge in [0, 0.05) is 12.8 Å². The Bertz CT molecular complexity index is 950. The predicted octanol–water partition coefficient (Wildman–Crippen LogP) is 4.93. The first-order valence-electron chi connectivity index (χ1n) is 13.0. The van der Waals surface area contributed by atoms with Crippen molar-refractivity contribution in [1.29, 1.82) is 0 Å². The van der Waals surface area contributed by atoms with Crippen molar-refractivity contribution in [2.45, 2.75) is 78.4 Å². The number of rotatable bonds is 15. The molecule has 12 nitrogen and oxygen atoms in total. The zero-order chi connectivity index (χ0) is 29.4. The van der Waals surface area contributed by atoms with Gasteiger partial charge in [-0.1, -0.05) is 33.8 Å². The quantitative estimate of drug-likeness (QED) is 0.177. The molecule has 1 unspecified atom stereocenters. The van der Waals surface area contributed by atoms with E-state index in [1.54, 1.807) is 6.92 Å². The summed E-state index contributed by atoms with van der Waals surface area (Å²) in [6.07, 6.45) is -2.02. The molecule has 220 valence electrons. The molecule has 2 N–H and O–H groups in total. The number of benzene rings is 1. The largest absolute Gasteiger partial charge is 0.513 e. The number of esters is 1. The van der Waals surface area contributed by atoms with Crippen LogP contribution in [0.5, 0.6) is 11.5 Å². The van der Waals surface area contributed by atoms with E-state index in [9.17, 15) is 19.2 Å². The molecule has 0 spiro atoms. The second kappa shape index (κ2) is 17.1. The molecule has 1 rings (SSSR count). The molecule has 0 saturated heterocycles. The maximum atomic E-state index is 12.7. The van der Waals surface area contributed by atoms with Crippen molar-refractivity contribution in [1.82, 2.24) is 0 Å². The minimum Gasteiger partial charge on any atom is -0.468 e. The normalized spacial score (nSPS) is 13.0. The lowest BCUT2D eigenvalue weighted by Gasteiger charge is -2.29. The van der Waals surface area contributed by atoms with E-state index in [4.69, 9.17) is 38.9 Å². The van der Waals surface area contributed by atoms with E-state index in [2.05, 4.69) is 0 Å². The second-order valence-electron chi connectivity index (χ2n) is 9.42. The molecule has 0 amide bonds. The van der Waals surface area contributed by atoms with Crippen LogP contribution in [0.1, 0.15) is 65.9 Å². The van der Waals surface area contributed by atoms with Gasteiger partial charge >= 0.3 is 24.4 Å². The molecule has 12 heteroatoms. The molecular weight excluding hydrogens is 514 g/mol. The van der Waals surface area contributed by atoms with Gasteiger partial charge in [0.25, 0.3) is 0 Å². The summed E-state index contributed by atoms with van der Waals surface area (Å²) in [7, 11) is 1.19. The first-order valence-corrected chi connectivity index (χ1v) is 13.0. The van der Waals surface area contributed by atoms with E-state index in [1.165, 1.54) is 25.3 Å². The molecule has 0 aliphatic heterocycles. The Hall–Kier alpha value is -3.54. The third kappa shape index (κ3) is 12.7. The lowest BCUT2D eigenvalue weighted by atomic mass is 9.86. The zero-order valence-corrected chi connectivity index (χ0v) is 23.6. The van der Waals surface area contributed by atoms with E-state index in [-0.39, 0.29) is 44.2 Å². The van der Waals surface area contributed by atoms with E-state index in [0.29, 0.717) is 30.7 Å². The highest BCUT2D eigenvalue weighted by Crippen LogP contribution is 2.31. The van der Waals surface area contributed by atoms with Crippen LogP contribution in [-0.2, 0) is 34.9 Å². The van der Waals surface area contributed by atoms with Gasteiger partial charge in [0.2, 0.25) is 0 Å². The van der Waals surface area contributed by atoms with Crippen LogP contribution >= 0.6 is 0 Å². The lowest BCUT2D eigenvalue weighted by molar-refractivity contribution is -0.148. The standard InChI is InChI=1S/C27H41NO11/c1-7-12-34-25(31)38-21-10-9-20(15-22(21)39-26(32)35-13-8-2)17-27(28,23(29)33-6)16-19(5)37-24(30)36-14-11-18(3)4/h9-10,15,18-19H,7-8,11-14,16-17,28H2,1-6H3/t19-,27?/m0/s1.